The standard InChI is InChI=1S/C14H29N3O3S.ClH/c1-10(2)9-21(19,20)17-7-5-12(6-8-17)16-14(18)13(15)11(3)4;/h10-13H,5-9,15H2,1-4H3,(H,16,18);1H/t13-;/m0./s1. The molecule has 132 valence electrons. The highest BCUT2D eigenvalue weighted by molar-refractivity contribution is 7.89. The zero-order valence-corrected chi connectivity index (χ0v) is 15.5. The van der Waals surface area contributed by atoms with Gasteiger partial charge in [-0.15, -0.1) is 12.4 Å². The summed E-state index contributed by atoms with van der Waals surface area (Å²) in [6, 6.07) is -0.486. The molecule has 1 aliphatic heterocycles. The van der Waals surface area contributed by atoms with Gasteiger partial charge in [0.15, 0.2) is 0 Å². The first-order chi connectivity index (χ1) is 9.63. The van der Waals surface area contributed by atoms with Crippen LogP contribution in [0.5, 0.6) is 0 Å². The second-order valence-electron chi connectivity index (χ2n) is 6.62. The van der Waals surface area contributed by atoms with Crippen LogP contribution in [0.4, 0.5) is 0 Å². The van der Waals surface area contributed by atoms with Gasteiger partial charge in [-0.05, 0) is 24.7 Å². The molecule has 0 bridgehead atoms. The largest absolute Gasteiger partial charge is 0.352 e. The van der Waals surface area contributed by atoms with Crippen LogP contribution in [-0.2, 0) is 14.8 Å². The number of carbonyl (C=O) groups excluding carboxylic acids is 1. The summed E-state index contributed by atoms with van der Waals surface area (Å²) in [5, 5.41) is 2.93. The van der Waals surface area contributed by atoms with E-state index in [0.717, 1.165) is 0 Å². The van der Waals surface area contributed by atoms with Gasteiger partial charge in [-0.3, -0.25) is 4.79 Å². The minimum absolute atomic E-state index is 0. The second-order valence-corrected chi connectivity index (χ2v) is 8.64. The molecule has 0 aromatic rings. The van der Waals surface area contributed by atoms with E-state index in [4.69, 9.17) is 5.73 Å². The van der Waals surface area contributed by atoms with Gasteiger partial charge < -0.3 is 11.1 Å². The summed E-state index contributed by atoms with van der Waals surface area (Å²) in [7, 11) is -3.17. The zero-order valence-electron chi connectivity index (χ0n) is 13.9. The van der Waals surface area contributed by atoms with Crippen molar-refractivity contribution in [2.24, 2.45) is 17.6 Å². The first-order valence-electron chi connectivity index (χ1n) is 7.67. The maximum Gasteiger partial charge on any atom is 0.237 e. The summed E-state index contributed by atoms with van der Waals surface area (Å²) in [6.45, 7) is 8.56. The quantitative estimate of drug-likeness (QED) is 0.742. The minimum atomic E-state index is -3.17. The number of halogens is 1. The number of nitrogens with zero attached hydrogens (tertiary/aromatic N) is 1. The molecule has 8 heteroatoms. The molecule has 1 aliphatic rings. The Bertz CT molecular complexity index is 446. The lowest BCUT2D eigenvalue weighted by atomic mass is 10.0. The van der Waals surface area contributed by atoms with Crippen molar-refractivity contribution in [2.75, 3.05) is 18.8 Å². The van der Waals surface area contributed by atoms with E-state index in [1.165, 1.54) is 4.31 Å². The molecule has 1 fully saturated rings. The normalized spacial score (nSPS) is 19.0. The van der Waals surface area contributed by atoms with Gasteiger partial charge in [0.1, 0.15) is 0 Å². The van der Waals surface area contributed by atoms with E-state index in [0.29, 0.717) is 25.9 Å². The number of nitrogens with one attached hydrogen (secondary N) is 1. The van der Waals surface area contributed by atoms with Crippen molar-refractivity contribution in [3.05, 3.63) is 0 Å². The smallest absolute Gasteiger partial charge is 0.237 e. The number of amides is 1. The maximum absolute atomic E-state index is 12.1. The summed E-state index contributed by atoms with van der Waals surface area (Å²) in [6.07, 6.45) is 1.29. The molecule has 0 saturated carbocycles. The molecule has 22 heavy (non-hydrogen) atoms. The van der Waals surface area contributed by atoms with Gasteiger partial charge in [-0.2, -0.15) is 0 Å². The van der Waals surface area contributed by atoms with Crippen molar-refractivity contribution in [1.82, 2.24) is 9.62 Å². The molecule has 1 amide bonds. The Balaban J connectivity index is 0.00000441. The van der Waals surface area contributed by atoms with E-state index >= 15 is 0 Å². The van der Waals surface area contributed by atoms with Crippen molar-refractivity contribution in [3.8, 4) is 0 Å². The molecule has 0 spiro atoms. The molecule has 0 aromatic heterocycles. The molecule has 1 heterocycles. The van der Waals surface area contributed by atoms with Crippen LogP contribution in [0.1, 0.15) is 40.5 Å². The highest BCUT2D eigenvalue weighted by Gasteiger charge is 2.30. The Labute approximate surface area is 140 Å². The Kier molecular flexibility index (Phi) is 8.90. The van der Waals surface area contributed by atoms with Crippen molar-refractivity contribution in [3.63, 3.8) is 0 Å². The van der Waals surface area contributed by atoms with E-state index in [1.807, 2.05) is 27.7 Å². The molecule has 0 unspecified atom stereocenters. The summed E-state index contributed by atoms with van der Waals surface area (Å²) in [4.78, 5) is 11.9. The fraction of sp³-hybridized carbons (Fsp3) is 0.929. The fourth-order valence-electron chi connectivity index (χ4n) is 2.41. The van der Waals surface area contributed by atoms with Crippen LogP contribution >= 0.6 is 12.4 Å². The number of nitrogens with two attached hydrogens (primary N) is 1. The Morgan fingerprint density at radius 1 is 1.23 bits per heavy atom. The lowest BCUT2D eigenvalue weighted by Crippen LogP contribution is -2.52. The average molecular weight is 356 g/mol. The van der Waals surface area contributed by atoms with Crippen LogP contribution in [0.3, 0.4) is 0 Å². The number of hydrogen-bond acceptors (Lipinski definition) is 4. The number of hydrogen-bond donors (Lipinski definition) is 2. The van der Waals surface area contributed by atoms with Crippen molar-refractivity contribution in [2.45, 2.75) is 52.6 Å². The lowest BCUT2D eigenvalue weighted by molar-refractivity contribution is -0.124. The predicted octanol–water partition coefficient (Wildman–Crippen LogP) is 0.958. The first kappa shape index (κ1) is 21.6. The van der Waals surface area contributed by atoms with E-state index in [2.05, 4.69) is 5.32 Å². The van der Waals surface area contributed by atoms with Crippen LogP contribution < -0.4 is 11.1 Å². The van der Waals surface area contributed by atoms with Crippen molar-refractivity contribution >= 4 is 28.3 Å². The van der Waals surface area contributed by atoms with Gasteiger partial charge in [-0.1, -0.05) is 27.7 Å². The number of rotatable bonds is 6. The summed E-state index contributed by atoms with van der Waals surface area (Å²) < 4.78 is 25.8. The topological polar surface area (TPSA) is 92.5 Å². The Morgan fingerprint density at radius 2 is 1.73 bits per heavy atom. The minimum Gasteiger partial charge on any atom is -0.352 e. The van der Waals surface area contributed by atoms with Gasteiger partial charge in [0.05, 0.1) is 11.8 Å². The van der Waals surface area contributed by atoms with Gasteiger partial charge in [0, 0.05) is 19.1 Å². The lowest BCUT2D eigenvalue weighted by Gasteiger charge is -2.32. The molecular weight excluding hydrogens is 326 g/mol. The van der Waals surface area contributed by atoms with Crippen LogP contribution in [0.25, 0.3) is 0 Å². The van der Waals surface area contributed by atoms with Crippen molar-refractivity contribution < 1.29 is 13.2 Å². The van der Waals surface area contributed by atoms with Gasteiger partial charge in [0.2, 0.25) is 15.9 Å². The molecule has 0 aliphatic carbocycles. The molecular formula is C14H30ClN3O3S. The van der Waals surface area contributed by atoms with E-state index in [9.17, 15) is 13.2 Å². The predicted molar refractivity (Wildman–Crippen MR) is 91.4 cm³/mol. The Hall–Kier alpha value is -0.370. The second kappa shape index (κ2) is 9.05. The van der Waals surface area contributed by atoms with Crippen LogP contribution in [0.2, 0.25) is 0 Å². The third kappa shape index (κ3) is 6.40. The third-order valence-corrected chi connectivity index (χ3v) is 6.00. The summed E-state index contributed by atoms with van der Waals surface area (Å²) in [5.74, 6) is 0.254. The molecule has 1 atom stereocenters. The highest BCUT2D eigenvalue weighted by Crippen LogP contribution is 2.16. The molecule has 1 rings (SSSR count). The molecule has 0 radical (unpaired) electrons. The summed E-state index contributed by atoms with van der Waals surface area (Å²) in [5.41, 5.74) is 5.81. The van der Waals surface area contributed by atoms with E-state index in [1.54, 1.807) is 0 Å². The van der Waals surface area contributed by atoms with E-state index < -0.39 is 16.1 Å². The molecule has 3 N–H and O–H groups in total. The van der Waals surface area contributed by atoms with Gasteiger partial charge in [0.25, 0.3) is 0 Å². The zero-order chi connectivity index (χ0) is 16.2. The maximum atomic E-state index is 12.1. The van der Waals surface area contributed by atoms with E-state index in [-0.39, 0.29) is 41.9 Å². The fourth-order valence-corrected chi connectivity index (χ4v) is 4.23. The number of carbonyl (C=O) groups is 1. The monoisotopic (exact) mass is 355 g/mol. The summed E-state index contributed by atoms with van der Waals surface area (Å²) >= 11 is 0. The SMILES string of the molecule is CC(C)CS(=O)(=O)N1CCC(NC(=O)[C@@H](N)C(C)C)CC1.Cl. The van der Waals surface area contributed by atoms with Crippen LogP contribution in [0, 0.1) is 11.8 Å². The third-order valence-electron chi connectivity index (χ3n) is 3.76. The van der Waals surface area contributed by atoms with Crippen molar-refractivity contribution in [1.29, 1.82) is 0 Å². The number of sulfonamides is 1. The molecule has 1 saturated heterocycles. The van der Waals surface area contributed by atoms with Gasteiger partial charge in [-0.25, -0.2) is 12.7 Å². The van der Waals surface area contributed by atoms with Crippen LogP contribution in [0.15, 0.2) is 0 Å². The highest BCUT2D eigenvalue weighted by atomic mass is 35.5. The average Bonchev–Trinajstić information content (AvgIpc) is 2.36. The van der Waals surface area contributed by atoms with Crippen LogP contribution in [-0.4, -0.2) is 49.6 Å². The Morgan fingerprint density at radius 3 is 2.14 bits per heavy atom. The number of piperidine rings is 1. The molecule has 6 nitrogen and oxygen atoms in total. The molecule has 0 aromatic carbocycles. The first-order valence-corrected chi connectivity index (χ1v) is 9.28. The van der Waals surface area contributed by atoms with Gasteiger partial charge >= 0.3 is 0 Å².